The molecule has 29 heavy (non-hydrogen) atoms. The van der Waals surface area contributed by atoms with Crippen molar-refractivity contribution in [2.75, 3.05) is 0 Å². The summed E-state index contributed by atoms with van der Waals surface area (Å²) in [5.41, 5.74) is 0.523. The molecule has 1 amide bonds. The van der Waals surface area contributed by atoms with Crippen LogP contribution in [0.2, 0.25) is 0 Å². The summed E-state index contributed by atoms with van der Waals surface area (Å²) in [5, 5.41) is 11.7. The van der Waals surface area contributed by atoms with Crippen molar-refractivity contribution >= 4 is 16.8 Å². The van der Waals surface area contributed by atoms with Crippen LogP contribution >= 0.6 is 0 Å². The summed E-state index contributed by atoms with van der Waals surface area (Å²) in [6, 6.07) is 1.45. The van der Waals surface area contributed by atoms with E-state index in [1.54, 1.807) is 27.8 Å². The molecule has 0 aliphatic carbocycles. The molecule has 3 rings (SSSR count). The molecule has 8 nitrogen and oxygen atoms in total. The number of nitrogens with zero attached hydrogens (tertiary/aromatic N) is 5. The van der Waals surface area contributed by atoms with Gasteiger partial charge in [-0.25, -0.2) is 4.68 Å². The molecule has 1 N–H and O–H groups in total. The molecule has 1 atom stereocenters. The lowest BCUT2D eigenvalue weighted by Gasteiger charge is -2.15. The first-order valence-electron chi connectivity index (χ1n) is 8.72. The maximum Gasteiger partial charge on any atom is 0.417 e. The van der Waals surface area contributed by atoms with Gasteiger partial charge in [-0.05, 0) is 32.9 Å². The van der Waals surface area contributed by atoms with Crippen LogP contribution < -0.4 is 10.9 Å². The Hall–Kier alpha value is -3.24. The number of halogens is 3. The molecule has 0 aliphatic rings. The number of alkyl halides is 3. The van der Waals surface area contributed by atoms with Gasteiger partial charge in [0.25, 0.3) is 5.56 Å². The summed E-state index contributed by atoms with van der Waals surface area (Å²) in [6.07, 6.45) is -3.77. The van der Waals surface area contributed by atoms with Gasteiger partial charge in [-0.2, -0.15) is 23.4 Å². The number of amides is 1. The number of rotatable bonds is 4. The lowest BCUT2D eigenvalue weighted by Crippen LogP contribution is -2.36. The molecule has 0 bridgehead atoms. The highest BCUT2D eigenvalue weighted by Crippen LogP contribution is 2.28. The van der Waals surface area contributed by atoms with E-state index in [2.05, 4.69) is 20.5 Å². The number of hydrogen-bond acceptors (Lipinski definition) is 5. The Bertz CT molecular complexity index is 1130. The van der Waals surface area contributed by atoms with E-state index < -0.39 is 29.2 Å². The number of pyridine rings is 1. The van der Waals surface area contributed by atoms with Crippen molar-refractivity contribution in [2.45, 2.75) is 39.5 Å². The summed E-state index contributed by atoms with van der Waals surface area (Å²) in [7, 11) is 1.64. The molecule has 11 heteroatoms. The standard InChI is InChI=1S/C18H19F3N6O2/c1-9(13-6-5-12(7-22-13)18(19,20)21)23-14(28)8-27-17(29)16-15(11(3)25-27)10(2)24-26(16)4/h5-7,9H,8H2,1-4H3,(H,23,28)/t9-/m0/s1. The maximum absolute atomic E-state index is 12.7. The summed E-state index contributed by atoms with van der Waals surface area (Å²) in [4.78, 5) is 28.8. The molecule has 0 saturated heterocycles. The lowest BCUT2D eigenvalue weighted by atomic mass is 10.2. The molecule has 154 valence electrons. The van der Waals surface area contributed by atoms with Crippen LogP contribution in [0.3, 0.4) is 0 Å². The molecular weight excluding hydrogens is 389 g/mol. The van der Waals surface area contributed by atoms with Gasteiger partial charge in [0, 0.05) is 13.2 Å². The topological polar surface area (TPSA) is 94.7 Å². The van der Waals surface area contributed by atoms with E-state index in [1.807, 2.05) is 0 Å². The van der Waals surface area contributed by atoms with Gasteiger partial charge in [0.15, 0.2) is 0 Å². The minimum Gasteiger partial charge on any atom is -0.346 e. The number of hydrogen-bond donors (Lipinski definition) is 1. The van der Waals surface area contributed by atoms with Crippen LogP contribution in [0.5, 0.6) is 0 Å². The van der Waals surface area contributed by atoms with Crippen molar-refractivity contribution in [3.8, 4) is 0 Å². The van der Waals surface area contributed by atoms with Crippen molar-refractivity contribution < 1.29 is 18.0 Å². The second-order valence-electron chi connectivity index (χ2n) is 6.74. The molecule has 0 fully saturated rings. The zero-order valence-corrected chi connectivity index (χ0v) is 16.2. The predicted octanol–water partition coefficient (Wildman–Crippen LogP) is 2.04. The largest absolute Gasteiger partial charge is 0.417 e. The van der Waals surface area contributed by atoms with Crippen molar-refractivity contribution in [3.05, 3.63) is 51.3 Å². The fourth-order valence-corrected chi connectivity index (χ4v) is 3.17. The molecule has 0 spiro atoms. The third-order valence-electron chi connectivity index (χ3n) is 4.52. The fraction of sp³-hybridized carbons (Fsp3) is 0.389. The zero-order chi connectivity index (χ0) is 21.5. The van der Waals surface area contributed by atoms with Crippen LogP contribution in [0.15, 0.2) is 23.1 Å². The zero-order valence-electron chi connectivity index (χ0n) is 16.2. The summed E-state index contributed by atoms with van der Waals surface area (Å²) >= 11 is 0. The summed E-state index contributed by atoms with van der Waals surface area (Å²) < 4.78 is 40.4. The van der Waals surface area contributed by atoms with Gasteiger partial charge in [-0.15, -0.1) is 0 Å². The summed E-state index contributed by atoms with van der Waals surface area (Å²) in [5.74, 6) is -0.522. The Morgan fingerprint density at radius 1 is 1.21 bits per heavy atom. The number of aryl methyl sites for hydroxylation is 3. The minimum atomic E-state index is -4.48. The van der Waals surface area contributed by atoms with Crippen LogP contribution in [0, 0.1) is 13.8 Å². The van der Waals surface area contributed by atoms with E-state index in [-0.39, 0.29) is 12.2 Å². The van der Waals surface area contributed by atoms with Gasteiger partial charge in [0.2, 0.25) is 5.91 Å². The highest BCUT2D eigenvalue weighted by atomic mass is 19.4. The monoisotopic (exact) mass is 408 g/mol. The Labute approximate surface area is 163 Å². The number of nitrogens with one attached hydrogen (secondary N) is 1. The molecular formula is C18H19F3N6O2. The number of fused-ring (bicyclic) bond motifs is 1. The van der Waals surface area contributed by atoms with Gasteiger partial charge >= 0.3 is 6.18 Å². The predicted molar refractivity (Wildman–Crippen MR) is 98.0 cm³/mol. The van der Waals surface area contributed by atoms with Crippen molar-refractivity contribution in [2.24, 2.45) is 7.05 Å². The average molecular weight is 408 g/mol. The molecule has 3 aromatic heterocycles. The van der Waals surface area contributed by atoms with E-state index in [0.717, 1.165) is 10.7 Å². The van der Waals surface area contributed by atoms with Crippen LogP contribution in [0.4, 0.5) is 13.2 Å². The molecule has 0 aromatic carbocycles. The molecule has 0 saturated carbocycles. The van der Waals surface area contributed by atoms with E-state index in [4.69, 9.17) is 0 Å². The molecule has 0 radical (unpaired) electrons. The number of carbonyl (C=O) groups excluding carboxylic acids is 1. The Morgan fingerprint density at radius 3 is 2.45 bits per heavy atom. The molecule has 3 heterocycles. The Kier molecular flexibility index (Phi) is 5.16. The fourth-order valence-electron chi connectivity index (χ4n) is 3.17. The average Bonchev–Trinajstić information content (AvgIpc) is 2.93. The quantitative estimate of drug-likeness (QED) is 0.713. The SMILES string of the molecule is Cc1nn(CC(=O)N[C@@H](C)c2ccc(C(F)(F)F)cn2)c(=O)c2c1c(C)nn2C. The van der Waals surface area contributed by atoms with Crippen molar-refractivity contribution in [1.29, 1.82) is 0 Å². The highest BCUT2D eigenvalue weighted by molar-refractivity contribution is 5.83. The lowest BCUT2D eigenvalue weighted by molar-refractivity contribution is -0.137. The first-order chi connectivity index (χ1) is 13.5. The van der Waals surface area contributed by atoms with E-state index >= 15 is 0 Å². The number of aromatic nitrogens is 5. The molecule has 3 aromatic rings. The van der Waals surface area contributed by atoms with Crippen LogP contribution in [-0.4, -0.2) is 30.5 Å². The van der Waals surface area contributed by atoms with Gasteiger partial charge in [-0.3, -0.25) is 19.3 Å². The van der Waals surface area contributed by atoms with Crippen molar-refractivity contribution in [3.63, 3.8) is 0 Å². The van der Waals surface area contributed by atoms with E-state index in [9.17, 15) is 22.8 Å². The van der Waals surface area contributed by atoms with Crippen LogP contribution in [-0.2, 0) is 24.6 Å². The Morgan fingerprint density at radius 2 is 1.86 bits per heavy atom. The van der Waals surface area contributed by atoms with Gasteiger partial charge in [0.05, 0.1) is 34.1 Å². The third-order valence-corrected chi connectivity index (χ3v) is 4.52. The molecule has 0 aliphatic heterocycles. The number of carbonyl (C=O) groups is 1. The van der Waals surface area contributed by atoms with E-state index in [1.165, 1.54) is 10.7 Å². The highest BCUT2D eigenvalue weighted by Gasteiger charge is 2.31. The second kappa shape index (κ2) is 7.30. The first kappa shape index (κ1) is 20.5. The summed E-state index contributed by atoms with van der Waals surface area (Å²) in [6.45, 7) is 4.74. The van der Waals surface area contributed by atoms with E-state index in [0.29, 0.717) is 28.5 Å². The normalized spacial score (nSPS) is 12.9. The Balaban J connectivity index is 1.78. The van der Waals surface area contributed by atoms with Gasteiger partial charge in [-0.1, -0.05) is 0 Å². The molecule has 0 unspecified atom stereocenters. The smallest absolute Gasteiger partial charge is 0.346 e. The van der Waals surface area contributed by atoms with Crippen LogP contribution in [0.1, 0.15) is 35.6 Å². The second-order valence-corrected chi connectivity index (χ2v) is 6.74. The van der Waals surface area contributed by atoms with Gasteiger partial charge in [0.1, 0.15) is 12.1 Å². The first-order valence-corrected chi connectivity index (χ1v) is 8.72. The van der Waals surface area contributed by atoms with Gasteiger partial charge < -0.3 is 5.32 Å². The van der Waals surface area contributed by atoms with Crippen LogP contribution in [0.25, 0.3) is 10.9 Å². The maximum atomic E-state index is 12.7. The van der Waals surface area contributed by atoms with Crippen molar-refractivity contribution in [1.82, 2.24) is 29.9 Å². The minimum absolute atomic E-state index is 0.264. The third kappa shape index (κ3) is 3.98.